The average molecular weight is 279 g/mol. The highest BCUT2D eigenvalue weighted by Crippen LogP contribution is 2.32. The van der Waals surface area contributed by atoms with Gasteiger partial charge in [-0.1, -0.05) is 19.3 Å². The lowest BCUT2D eigenvalue weighted by Crippen LogP contribution is -2.53. The second-order valence-electron chi connectivity index (χ2n) is 6.11. The summed E-state index contributed by atoms with van der Waals surface area (Å²) in [6, 6.07) is 2.49. The van der Waals surface area contributed by atoms with Crippen molar-refractivity contribution in [2.24, 2.45) is 0 Å². The molecule has 20 heavy (non-hydrogen) atoms. The number of nitriles is 1. The van der Waals surface area contributed by atoms with Gasteiger partial charge in [-0.3, -0.25) is 9.69 Å². The van der Waals surface area contributed by atoms with Crippen molar-refractivity contribution < 1.29 is 9.90 Å². The van der Waals surface area contributed by atoms with Crippen LogP contribution >= 0.6 is 0 Å². The molecule has 0 aromatic heterocycles. The lowest BCUT2D eigenvalue weighted by Gasteiger charge is -2.40. The number of likely N-dealkylation sites (tertiary alicyclic amines) is 1. The Morgan fingerprint density at radius 2 is 2.10 bits per heavy atom. The first kappa shape index (κ1) is 15.3. The van der Waals surface area contributed by atoms with Crippen LogP contribution in [0.1, 0.15) is 44.9 Å². The number of carbonyl (C=O) groups excluding carboxylic acids is 1. The van der Waals surface area contributed by atoms with Crippen LogP contribution in [0, 0.1) is 11.3 Å². The smallest absolute Gasteiger partial charge is 0.237 e. The second kappa shape index (κ2) is 6.55. The summed E-state index contributed by atoms with van der Waals surface area (Å²) in [5, 5.41) is 18.8. The maximum atomic E-state index is 12.5. The Kier molecular flexibility index (Phi) is 5.00. The molecule has 1 atom stereocenters. The van der Waals surface area contributed by atoms with Crippen LogP contribution in [0.2, 0.25) is 0 Å². The van der Waals surface area contributed by atoms with Crippen molar-refractivity contribution in [1.29, 1.82) is 5.26 Å². The van der Waals surface area contributed by atoms with Crippen LogP contribution in [0.15, 0.2) is 0 Å². The van der Waals surface area contributed by atoms with E-state index in [1.807, 2.05) is 4.90 Å². The molecule has 1 amide bonds. The van der Waals surface area contributed by atoms with Gasteiger partial charge in [-0.2, -0.15) is 5.26 Å². The second-order valence-corrected chi connectivity index (χ2v) is 6.11. The molecule has 1 aliphatic carbocycles. The van der Waals surface area contributed by atoms with Gasteiger partial charge in [0.15, 0.2) is 0 Å². The van der Waals surface area contributed by atoms with E-state index in [-0.39, 0.29) is 18.6 Å². The highest BCUT2D eigenvalue weighted by Gasteiger charge is 2.39. The minimum Gasteiger partial charge on any atom is -0.395 e. The van der Waals surface area contributed by atoms with Crippen molar-refractivity contribution in [3.63, 3.8) is 0 Å². The van der Waals surface area contributed by atoms with E-state index in [4.69, 9.17) is 0 Å². The van der Waals surface area contributed by atoms with Gasteiger partial charge in [0, 0.05) is 13.1 Å². The quantitative estimate of drug-likeness (QED) is 0.837. The Labute approximate surface area is 121 Å². The maximum Gasteiger partial charge on any atom is 0.237 e. The molecule has 112 valence electrons. The zero-order chi connectivity index (χ0) is 14.6. The molecule has 0 unspecified atom stereocenters. The van der Waals surface area contributed by atoms with E-state index >= 15 is 0 Å². The Hall–Kier alpha value is -1.12. The van der Waals surface area contributed by atoms with E-state index in [2.05, 4.69) is 6.07 Å². The van der Waals surface area contributed by atoms with Gasteiger partial charge < -0.3 is 10.0 Å². The number of hydrogen-bond donors (Lipinski definition) is 1. The Morgan fingerprint density at radius 1 is 1.40 bits per heavy atom. The molecule has 1 N–H and O–H groups in total. The number of likely N-dealkylation sites (N-methyl/N-ethyl adjacent to an activating group) is 1. The van der Waals surface area contributed by atoms with Gasteiger partial charge in [-0.15, -0.1) is 0 Å². The first-order valence-electron chi connectivity index (χ1n) is 7.66. The van der Waals surface area contributed by atoms with Crippen molar-refractivity contribution in [2.45, 2.75) is 56.5 Å². The van der Waals surface area contributed by atoms with Crippen molar-refractivity contribution in [3.05, 3.63) is 0 Å². The topological polar surface area (TPSA) is 67.6 Å². The summed E-state index contributed by atoms with van der Waals surface area (Å²) in [7, 11) is 1.76. The van der Waals surface area contributed by atoms with E-state index < -0.39 is 5.54 Å². The van der Waals surface area contributed by atoms with Crippen molar-refractivity contribution >= 4 is 5.91 Å². The molecule has 0 aromatic carbocycles. The molecular formula is C15H25N3O2. The summed E-state index contributed by atoms with van der Waals surface area (Å²) >= 11 is 0. The van der Waals surface area contributed by atoms with Gasteiger partial charge in [0.25, 0.3) is 0 Å². The summed E-state index contributed by atoms with van der Waals surface area (Å²) in [6.45, 7) is 1.30. The van der Waals surface area contributed by atoms with E-state index in [9.17, 15) is 15.2 Å². The molecular weight excluding hydrogens is 254 g/mol. The third kappa shape index (κ3) is 2.97. The third-order valence-corrected chi connectivity index (χ3v) is 4.95. The third-order valence-electron chi connectivity index (χ3n) is 4.95. The fourth-order valence-electron chi connectivity index (χ4n) is 3.49. The zero-order valence-corrected chi connectivity index (χ0v) is 12.3. The predicted molar refractivity (Wildman–Crippen MR) is 75.9 cm³/mol. The van der Waals surface area contributed by atoms with Crippen LogP contribution in [-0.2, 0) is 4.79 Å². The number of nitrogens with zero attached hydrogens (tertiary/aromatic N) is 3. The number of carbonyl (C=O) groups is 1. The van der Waals surface area contributed by atoms with Gasteiger partial charge in [-0.05, 0) is 32.2 Å². The summed E-state index contributed by atoms with van der Waals surface area (Å²) in [5.74, 6) is 0.00815. The van der Waals surface area contributed by atoms with Crippen molar-refractivity contribution in [3.8, 4) is 6.07 Å². The van der Waals surface area contributed by atoms with Crippen molar-refractivity contribution in [1.82, 2.24) is 9.80 Å². The van der Waals surface area contributed by atoms with Crippen molar-refractivity contribution in [2.75, 3.05) is 26.7 Å². The molecule has 1 heterocycles. The minimum atomic E-state index is -0.607. The number of rotatable bonds is 4. The Balaban J connectivity index is 1.99. The van der Waals surface area contributed by atoms with Crippen LogP contribution in [-0.4, -0.2) is 59.1 Å². The highest BCUT2D eigenvalue weighted by molar-refractivity contribution is 5.79. The van der Waals surface area contributed by atoms with Crippen LogP contribution in [0.4, 0.5) is 0 Å². The summed E-state index contributed by atoms with van der Waals surface area (Å²) in [6.07, 6.45) is 6.76. The summed E-state index contributed by atoms with van der Waals surface area (Å²) in [5.41, 5.74) is -0.607. The number of aliphatic hydroxyl groups is 1. The van der Waals surface area contributed by atoms with E-state index in [1.54, 1.807) is 11.9 Å². The predicted octanol–water partition coefficient (Wildman–Crippen LogP) is 1.13. The molecule has 1 saturated carbocycles. The molecule has 0 bridgehead atoms. The average Bonchev–Trinajstić information content (AvgIpc) is 2.94. The zero-order valence-electron chi connectivity index (χ0n) is 12.3. The molecule has 5 nitrogen and oxygen atoms in total. The van der Waals surface area contributed by atoms with Crippen LogP contribution < -0.4 is 0 Å². The molecule has 0 aromatic rings. The van der Waals surface area contributed by atoms with E-state index in [0.717, 1.165) is 51.5 Å². The molecule has 1 saturated heterocycles. The first-order chi connectivity index (χ1) is 9.63. The van der Waals surface area contributed by atoms with Crippen LogP contribution in [0.3, 0.4) is 0 Å². The SMILES string of the molecule is CN(C(=O)CN1CCC[C@@H]1CO)C1(C#N)CCCCC1. The van der Waals surface area contributed by atoms with E-state index in [1.165, 1.54) is 0 Å². The summed E-state index contributed by atoms with van der Waals surface area (Å²) in [4.78, 5) is 16.2. The normalized spacial score (nSPS) is 26.1. The van der Waals surface area contributed by atoms with E-state index in [0.29, 0.717) is 6.54 Å². The fourth-order valence-corrected chi connectivity index (χ4v) is 3.49. The standard InChI is InChI=1S/C15H25N3O2/c1-17(15(12-16)7-3-2-4-8-15)14(20)10-18-9-5-6-13(18)11-19/h13,19H,2-11H2,1H3/t13-/m1/s1. The van der Waals surface area contributed by atoms with Gasteiger partial charge in [-0.25, -0.2) is 0 Å². The number of hydrogen-bond acceptors (Lipinski definition) is 4. The fraction of sp³-hybridized carbons (Fsp3) is 0.867. The van der Waals surface area contributed by atoms with Crippen LogP contribution in [0.5, 0.6) is 0 Å². The lowest BCUT2D eigenvalue weighted by atomic mass is 9.81. The monoisotopic (exact) mass is 279 g/mol. The molecule has 1 aliphatic heterocycles. The lowest BCUT2D eigenvalue weighted by molar-refractivity contribution is -0.136. The maximum absolute atomic E-state index is 12.5. The van der Waals surface area contributed by atoms with Gasteiger partial charge in [0.05, 0.1) is 19.2 Å². The largest absolute Gasteiger partial charge is 0.395 e. The highest BCUT2D eigenvalue weighted by atomic mass is 16.3. The van der Waals surface area contributed by atoms with Crippen LogP contribution in [0.25, 0.3) is 0 Å². The molecule has 2 rings (SSSR count). The van der Waals surface area contributed by atoms with Gasteiger partial charge in [0.1, 0.15) is 5.54 Å². The number of aliphatic hydroxyl groups excluding tert-OH is 1. The number of amides is 1. The molecule has 0 spiro atoms. The summed E-state index contributed by atoms with van der Waals surface area (Å²) < 4.78 is 0. The minimum absolute atomic E-state index is 0.00815. The Bertz CT molecular complexity index is 385. The van der Waals surface area contributed by atoms with Gasteiger partial charge >= 0.3 is 0 Å². The Morgan fingerprint density at radius 3 is 2.70 bits per heavy atom. The molecule has 2 fully saturated rings. The first-order valence-corrected chi connectivity index (χ1v) is 7.66. The molecule has 2 aliphatic rings. The van der Waals surface area contributed by atoms with Gasteiger partial charge in [0.2, 0.25) is 5.91 Å². The molecule has 0 radical (unpaired) electrons. The molecule has 5 heteroatoms.